The van der Waals surface area contributed by atoms with E-state index in [9.17, 15) is 0 Å². The number of fused-ring (bicyclic) bond motifs is 7. The molecule has 0 bridgehead atoms. The van der Waals surface area contributed by atoms with Gasteiger partial charge in [-0.2, -0.15) is 0 Å². The molecule has 0 saturated heterocycles. The van der Waals surface area contributed by atoms with Crippen LogP contribution in [0.25, 0.3) is 33.4 Å². The van der Waals surface area contributed by atoms with Crippen LogP contribution in [0.3, 0.4) is 0 Å². The van der Waals surface area contributed by atoms with Gasteiger partial charge in [0.1, 0.15) is 0 Å². The van der Waals surface area contributed by atoms with E-state index < -0.39 is 5.41 Å². The molecule has 0 atom stereocenters. The molecule has 3 aliphatic rings. The van der Waals surface area contributed by atoms with Gasteiger partial charge in [0.25, 0.3) is 0 Å². The number of rotatable bonds is 4. The van der Waals surface area contributed by atoms with Gasteiger partial charge in [-0.3, -0.25) is 0 Å². The van der Waals surface area contributed by atoms with Crippen LogP contribution in [0, 0.1) is 0 Å². The molecule has 0 saturated carbocycles. The molecular formula is C49H30S4. The summed E-state index contributed by atoms with van der Waals surface area (Å²) < 4.78 is 0. The highest BCUT2D eigenvalue weighted by atomic mass is 32.2. The second-order valence-electron chi connectivity index (χ2n) is 13.6. The van der Waals surface area contributed by atoms with Crippen molar-refractivity contribution in [1.29, 1.82) is 0 Å². The Bertz CT molecular complexity index is 2540. The fraction of sp³-hybridized carbons (Fsp3) is 0.0204. The van der Waals surface area contributed by atoms with Crippen LogP contribution in [0.5, 0.6) is 0 Å². The molecule has 0 unspecified atom stereocenters. The highest BCUT2D eigenvalue weighted by Crippen LogP contribution is 2.57. The van der Waals surface area contributed by atoms with Gasteiger partial charge in [0.05, 0.1) is 5.41 Å². The first-order chi connectivity index (χ1) is 26.3. The quantitative estimate of drug-likeness (QED) is 0.176. The van der Waals surface area contributed by atoms with E-state index in [1.807, 2.05) is 47.0 Å². The van der Waals surface area contributed by atoms with E-state index in [-0.39, 0.29) is 0 Å². The molecule has 11 rings (SSSR count). The predicted octanol–water partition coefficient (Wildman–Crippen LogP) is 14.6. The molecule has 4 heteroatoms. The van der Waals surface area contributed by atoms with E-state index in [1.54, 1.807) is 0 Å². The second-order valence-corrected chi connectivity index (χ2v) is 17.8. The van der Waals surface area contributed by atoms with Gasteiger partial charge in [-0.25, -0.2) is 0 Å². The molecule has 53 heavy (non-hydrogen) atoms. The largest absolute Gasteiger partial charge is 0.0877 e. The predicted molar refractivity (Wildman–Crippen MR) is 224 cm³/mol. The van der Waals surface area contributed by atoms with Crippen LogP contribution in [-0.4, -0.2) is 0 Å². The van der Waals surface area contributed by atoms with Crippen molar-refractivity contribution in [2.75, 3.05) is 0 Å². The van der Waals surface area contributed by atoms with Crippen LogP contribution in [0.15, 0.2) is 221 Å². The van der Waals surface area contributed by atoms with E-state index >= 15 is 0 Å². The Morgan fingerprint density at radius 2 is 0.604 bits per heavy atom. The lowest BCUT2D eigenvalue weighted by atomic mass is 9.67. The van der Waals surface area contributed by atoms with Crippen LogP contribution in [-0.2, 0) is 5.41 Å². The summed E-state index contributed by atoms with van der Waals surface area (Å²) in [6.45, 7) is 0. The fourth-order valence-electron chi connectivity index (χ4n) is 8.38. The molecule has 0 spiro atoms. The molecule has 2 heterocycles. The zero-order valence-corrected chi connectivity index (χ0v) is 31.7. The van der Waals surface area contributed by atoms with Gasteiger partial charge in [-0.15, -0.1) is 0 Å². The van der Waals surface area contributed by atoms with Crippen molar-refractivity contribution in [2.24, 2.45) is 0 Å². The third kappa shape index (κ3) is 4.97. The van der Waals surface area contributed by atoms with Crippen LogP contribution < -0.4 is 0 Å². The van der Waals surface area contributed by atoms with Gasteiger partial charge in [0.2, 0.25) is 0 Å². The van der Waals surface area contributed by atoms with Crippen LogP contribution >= 0.6 is 47.0 Å². The first-order valence-corrected chi connectivity index (χ1v) is 21.1. The number of benzene rings is 8. The number of hydrogen-bond donors (Lipinski definition) is 0. The van der Waals surface area contributed by atoms with Gasteiger partial charge in [0, 0.05) is 39.2 Å². The summed E-state index contributed by atoms with van der Waals surface area (Å²) in [6.07, 6.45) is 0. The van der Waals surface area contributed by atoms with Crippen LogP contribution in [0.1, 0.15) is 22.3 Å². The zero-order valence-electron chi connectivity index (χ0n) is 28.5. The summed E-state index contributed by atoms with van der Waals surface area (Å²) >= 11 is 7.54. The minimum atomic E-state index is -0.455. The Morgan fingerprint density at radius 1 is 0.264 bits per heavy atom. The van der Waals surface area contributed by atoms with Gasteiger partial charge >= 0.3 is 0 Å². The Labute approximate surface area is 327 Å². The number of hydrogen-bond acceptors (Lipinski definition) is 4. The lowest BCUT2D eigenvalue weighted by Crippen LogP contribution is -2.28. The van der Waals surface area contributed by atoms with Crippen molar-refractivity contribution < 1.29 is 0 Å². The Balaban J connectivity index is 1.04. The Morgan fingerprint density at radius 3 is 1.04 bits per heavy atom. The average Bonchev–Trinajstić information content (AvgIpc) is 3.53. The zero-order chi connectivity index (χ0) is 34.9. The van der Waals surface area contributed by atoms with Gasteiger partial charge in [-0.05, 0) is 92.0 Å². The van der Waals surface area contributed by atoms with Gasteiger partial charge < -0.3 is 0 Å². The van der Waals surface area contributed by atoms with Crippen molar-refractivity contribution in [3.63, 3.8) is 0 Å². The fourth-order valence-corrected chi connectivity index (χ4v) is 13.2. The molecule has 250 valence electrons. The molecule has 0 aromatic heterocycles. The molecule has 0 fully saturated rings. The maximum absolute atomic E-state index is 2.38. The van der Waals surface area contributed by atoms with Crippen molar-refractivity contribution in [3.8, 4) is 33.4 Å². The first kappa shape index (κ1) is 31.7. The Hall–Kier alpha value is -4.84. The monoisotopic (exact) mass is 746 g/mol. The SMILES string of the molecule is c1ccc2c(c1)Sc1cccc(-c3ccc(C4(c5ccc(-c6cccc7c6Sc6ccccc6S7)cc5)c5ccccc5-c5ccccc54)cc3)c1S2. The molecular weight excluding hydrogens is 717 g/mol. The summed E-state index contributed by atoms with van der Waals surface area (Å²) in [4.78, 5) is 10.7. The summed E-state index contributed by atoms with van der Waals surface area (Å²) in [7, 11) is 0. The lowest BCUT2D eigenvalue weighted by Gasteiger charge is -2.34. The molecule has 8 aromatic rings. The minimum Gasteiger partial charge on any atom is -0.0877 e. The van der Waals surface area contributed by atoms with E-state index in [4.69, 9.17) is 0 Å². The second kappa shape index (κ2) is 12.6. The van der Waals surface area contributed by atoms with Crippen LogP contribution in [0.2, 0.25) is 0 Å². The smallest absolute Gasteiger partial charge is 0.0713 e. The summed E-state index contributed by atoms with van der Waals surface area (Å²) in [5, 5.41) is 0. The van der Waals surface area contributed by atoms with E-state index in [2.05, 4.69) is 182 Å². The highest BCUT2D eigenvalue weighted by molar-refractivity contribution is 8.05. The maximum Gasteiger partial charge on any atom is 0.0713 e. The molecule has 0 radical (unpaired) electrons. The first-order valence-electron chi connectivity index (χ1n) is 17.8. The van der Waals surface area contributed by atoms with E-state index in [0.29, 0.717) is 0 Å². The van der Waals surface area contributed by atoms with E-state index in [0.717, 1.165) is 0 Å². The van der Waals surface area contributed by atoms with E-state index in [1.165, 1.54) is 94.8 Å². The molecule has 0 nitrogen and oxygen atoms in total. The topological polar surface area (TPSA) is 0 Å². The van der Waals surface area contributed by atoms with Gasteiger partial charge in [-0.1, -0.05) is 193 Å². The van der Waals surface area contributed by atoms with Crippen molar-refractivity contribution in [3.05, 3.63) is 204 Å². The van der Waals surface area contributed by atoms with Crippen molar-refractivity contribution >= 4 is 47.0 Å². The standard InChI is InChI=1S/C49H30S4/c1-3-15-39-37(11-1)38-12-2-4-16-40(38)49(39,33-27-23-31(24-28-33)35-13-9-21-45-47(35)52-43-19-7-5-17-41(43)50-45)34-29-25-32(26-30-34)36-14-10-22-46-48(36)53-44-20-8-6-18-42(44)51-46/h1-30H. The molecule has 2 aliphatic heterocycles. The summed E-state index contributed by atoms with van der Waals surface area (Å²) in [5.41, 5.74) is 12.5. The summed E-state index contributed by atoms with van der Waals surface area (Å²) in [5.74, 6) is 0. The highest BCUT2D eigenvalue weighted by Gasteiger charge is 2.46. The van der Waals surface area contributed by atoms with Crippen LogP contribution in [0.4, 0.5) is 0 Å². The molecule has 0 N–H and O–H groups in total. The molecule has 8 aromatic carbocycles. The lowest BCUT2D eigenvalue weighted by molar-refractivity contribution is 0.768. The molecule has 1 aliphatic carbocycles. The van der Waals surface area contributed by atoms with Crippen molar-refractivity contribution in [1.82, 2.24) is 0 Å². The minimum absolute atomic E-state index is 0.455. The third-order valence-electron chi connectivity index (χ3n) is 10.7. The normalized spacial score (nSPS) is 14.3. The van der Waals surface area contributed by atoms with Crippen molar-refractivity contribution in [2.45, 2.75) is 44.6 Å². The Kier molecular flexibility index (Phi) is 7.55. The third-order valence-corrected chi connectivity index (χ3v) is 16.0. The van der Waals surface area contributed by atoms with Gasteiger partial charge in [0.15, 0.2) is 0 Å². The average molecular weight is 747 g/mol. The molecule has 0 amide bonds. The maximum atomic E-state index is 2.38. The summed E-state index contributed by atoms with van der Waals surface area (Å²) in [6, 6.07) is 67.9.